The summed E-state index contributed by atoms with van der Waals surface area (Å²) in [6.45, 7) is 1.46. The first-order chi connectivity index (χ1) is 9.26. The van der Waals surface area contributed by atoms with E-state index in [1.165, 1.54) is 5.56 Å². The molecule has 0 aliphatic heterocycles. The predicted molar refractivity (Wildman–Crippen MR) is 72.8 cm³/mol. The van der Waals surface area contributed by atoms with E-state index >= 15 is 0 Å². The molecule has 1 saturated carbocycles. The minimum atomic E-state index is 0.0257. The molecule has 1 heterocycles. The van der Waals surface area contributed by atoms with Gasteiger partial charge in [-0.05, 0) is 30.5 Å². The van der Waals surface area contributed by atoms with Crippen molar-refractivity contribution in [2.45, 2.75) is 24.8 Å². The summed E-state index contributed by atoms with van der Waals surface area (Å²) in [6.07, 6.45) is 4.01. The molecule has 19 heavy (non-hydrogen) atoms. The second-order valence-electron chi connectivity index (χ2n) is 5.04. The van der Waals surface area contributed by atoms with E-state index in [0.29, 0.717) is 6.61 Å². The molecule has 1 aromatic heterocycles. The molecule has 1 fully saturated rings. The molecule has 1 aliphatic carbocycles. The number of hydrogen-bond acceptors (Lipinski definition) is 4. The summed E-state index contributed by atoms with van der Waals surface area (Å²) in [4.78, 5) is 0. The molecule has 0 atom stereocenters. The maximum atomic E-state index is 5.75. The second-order valence-corrected chi connectivity index (χ2v) is 5.04. The van der Waals surface area contributed by atoms with Crippen LogP contribution in [0.15, 0.2) is 30.6 Å². The lowest BCUT2D eigenvalue weighted by Crippen LogP contribution is -2.18. The Morgan fingerprint density at radius 2 is 2.05 bits per heavy atom. The fourth-order valence-electron chi connectivity index (χ4n) is 2.55. The van der Waals surface area contributed by atoms with Crippen molar-refractivity contribution in [1.29, 1.82) is 0 Å². The van der Waals surface area contributed by atoms with Gasteiger partial charge in [-0.15, -0.1) is 10.2 Å². The average molecular weight is 258 g/mol. The Kier molecular flexibility index (Phi) is 2.98. The van der Waals surface area contributed by atoms with Gasteiger partial charge in [0.05, 0.1) is 12.0 Å². The minimum absolute atomic E-state index is 0.0257. The zero-order chi connectivity index (χ0) is 13.3. The molecule has 0 saturated heterocycles. The molecule has 1 aliphatic rings. The molecular weight excluding hydrogens is 240 g/mol. The number of aromatic nitrogens is 3. The number of rotatable bonds is 5. The number of nitrogen functional groups attached to an aromatic ring is 1. The topological polar surface area (TPSA) is 66.0 Å². The van der Waals surface area contributed by atoms with Crippen molar-refractivity contribution in [3.05, 3.63) is 42.0 Å². The Labute approximate surface area is 112 Å². The molecule has 5 heteroatoms. The van der Waals surface area contributed by atoms with Gasteiger partial charge in [-0.3, -0.25) is 0 Å². The van der Waals surface area contributed by atoms with Gasteiger partial charge in [-0.1, -0.05) is 12.1 Å². The summed E-state index contributed by atoms with van der Waals surface area (Å²) in [5.41, 5.74) is 7.84. The minimum Gasteiger partial charge on any atom is -0.399 e. The van der Waals surface area contributed by atoms with E-state index in [9.17, 15) is 0 Å². The Morgan fingerprint density at radius 3 is 2.68 bits per heavy atom. The van der Waals surface area contributed by atoms with Crippen LogP contribution in [0.4, 0.5) is 5.69 Å². The molecule has 5 nitrogen and oxygen atoms in total. The lowest BCUT2D eigenvalue weighted by molar-refractivity contribution is 0.186. The molecule has 100 valence electrons. The third-order valence-electron chi connectivity index (χ3n) is 3.79. The summed E-state index contributed by atoms with van der Waals surface area (Å²) < 4.78 is 7.22. The van der Waals surface area contributed by atoms with Crippen LogP contribution < -0.4 is 5.73 Å². The van der Waals surface area contributed by atoms with Gasteiger partial charge in [-0.25, -0.2) is 0 Å². The first-order valence-electron chi connectivity index (χ1n) is 6.49. The number of nitrogens with zero attached hydrogens (tertiary/aromatic N) is 3. The van der Waals surface area contributed by atoms with Gasteiger partial charge >= 0.3 is 0 Å². The largest absolute Gasteiger partial charge is 0.399 e. The van der Waals surface area contributed by atoms with E-state index in [0.717, 1.165) is 30.9 Å². The van der Waals surface area contributed by atoms with E-state index in [2.05, 4.69) is 26.9 Å². The van der Waals surface area contributed by atoms with Crippen molar-refractivity contribution in [2.75, 3.05) is 19.5 Å². The first-order valence-corrected chi connectivity index (χ1v) is 6.49. The highest BCUT2D eigenvalue weighted by atomic mass is 16.5. The summed E-state index contributed by atoms with van der Waals surface area (Å²) >= 11 is 0. The predicted octanol–water partition coefficient (Wildman–Crippen LogP) is 1.59. The van der Waals surface area contributed by atoms with Crippen molar-refractivity contribution in [3.63, 3.8) is 0 Å². The van der Waals surface area contributed by atoms with Crippen LogP contribution in [0.5, 0.6) is 0 Å². The monoisotopic (exact) mass is 258 g/mol. The first kappa shape index (κ1) is 12.2. The number of methoxy groups -OCH3 is 1. The molecule has 0 unspecified atom stereocenters. The molecule has 3 rings (SSSR count). The van der Waals surface area contributed by atoms with Crippen LogP contribution in [0.2, 0.25) is 0 Å². The molecule has 0 amide bonds. The van der Waals surface area contributed by atoms with Gasteiger partial charge < -0.3 is 15.0 Å². The molecule has 2 aromatic rings. The fourth-order valence-corrected chi connectivity index (χ4v) is 2.55. The van der Waals surface area contributed by atoms with Crippen molar-refractivity contribution >= 4 is 5.69 Å². The van der Waals surface area contributed by atoms with E-state index in [1.807, 2.05) is 12.1 Å². The number of nitrogens with two attached hydrogens (primary N) is 1. The van der Waals surface area contributed by atoms with Crippen molar-refractivity contribution in [1.82, 2.24) is 14.8 Å². The lowest BCUT2D eigenvalue weighted by atomic mass is 9.95. The van der Waals surface area contributed by atoms with Crippen molar-refractivity contribution in [2.24, 2.45) is 0 Å². The summed E-state index contributed by atoms with van der Waals surface area (Å²) in [6, 6.07) is 8.09. The van der Waals surface area contributed by atoms with Gasteiger partial charge in [0.1, 0.15) is 12.2 Å². The van der Waals surface area contributed by atoms with Crippen LogP contribution in [-0.4, -0.2) is 28.5 Å². The highest BCUT2D eigenvalue weighted by molar-refractivity contribution is 5.46. The average Bonchev–Trinajstić information content (AvgIpc) is 3.09. The van der Waals surface area contributed by atoms with Crippen LogP contribution in [-0.2, 0) is 16.7 Å². The number of benzene rings is 1. The number of ether oxygens (including phenoxy) is 1. The highest BCUT2D eigenvalue weighted by Crippen LogP contribution is 2.52. The molecule has 1 aromatic carbocycles. The van der Waals surface area contributed by atoms with E-state index < -0.39 is 0 Å². The van der Waals surface area contributed by atoms with Crippen LogP contribution in [0.3, 0.4) is 0 Å². The normalized spacial score (nSPS) is 16.5. The SMILES string of the molecule is COCCn1cnnc1C1(c2ccc(N)cc2)CC1. The maximum Gasteiger partial charge on any atom is 0.143 e. The van der Waals surface area contributed by atoms with Crippen LogP contribution in [0.25, 0.3) is 0 Å². The van der Waals surface area contributed by atoms with Crippen molar-refractivity contribution in [3.8, 4) is 0 Å². The van der Waals surface area contributed by atoms with E-state index in [1.54, 1.807) is 13.4 Å². The zero-order valence-corrected chi connectivity index (χ0v) is 11.0. The van der Waals surface area contributed by atoms with E-state index in [4.69, 9.17) is 10.5 Å². The summed E-state index contributed by atoms with van der Waals surface area (Å²) in [7, 11) is 1.71. The van der Waals surface area contributed by atoms with Crippen LogP contribution in [0.1, 0.15) is 24.2 Å². The van der Waals surface area contributed by atoms with Gasteiger partial charge in [0.2, 0.25) is 0 Å². The smallest absolute Gasteiger partial charge is 0.143 e. The number of anilines is 1. The maximum absolute atomic E-state index is 5.75. The zero-order valence-electron chi connectivity index (χ0n) is 11.0. The van der Waals surface area contributed by atoms with Gasteiger partial charge in [0, 0.05) is 19.3 Å². The fraction of sp³-hybridized carbons (Fsp3) is 0.429. The van der Waals surface area contributed by atoms with Gasteiger partial charge in [0.15, 0.2) is 0 Å². The number of hydrogen-bond donors (Lipinski definition) is 1. The Hall–Kier alpha value is -1.88. The Morgan fingerprint density at radius 1 is 1.32 bits per heavy atom. The quantitative estimate of drug-likeness (QED) is 0.827. The van der Waals surface area contributed by atoms with Crippen molar-refractivity contribution < 1.29 is 4.74 Å². The van der Waals surface area contributed by atoms with E-state index in [-0.39, 0.29) is 5.41 Å². The molecular formula is C14H18N4O. The molecule has 0 bridgehead atoms. The summed E-state index contributed by atoms with van der Waals surface area (Å²) in [5, 5.41) is 8.39. The second kappa shape index (κ2) is 4.66. The standard InChI is InChI=1S/C14H18N4O/c1-19-9-8-18-10-16-17-13(18)14(6-7-14)11-2-4-12(15)5-3-11/h2-5,10H,6-9,15H2,1H3. The summed E-state index contributed by atoms with van der Waals surface area (Å²) in [5.74, 6) is 1.04. The molecule has 2 N–H and O–H groups in total. The third kappa shape index (κ3) is 2.10. The Bertz CT molecular complexity index is 557. The Balaban J connectivity index is 1.92. The van der Waals surface area contributed by atoms with Gasteiger partial charge in [0.25, 0.3) is 0 Å². The molecule has 0 spiro atoms. The third-order valence-corrected chi connectivity index (χ3v) is 3.79. The van der Waals surface area contributed by atoms with Crippen LogP contribution in [0, 0.1) is 0 Å². The van der Waals surface area contributed by atoms with Crippen LogP contribution >= 0.6 is 0 Å². The highest BCUT2D eigenvalue weighted by Gasteiger charge is 2.49. The van der Waals surface area contributed by atoms with Gasteiger partial charge in [-0.2, -0.15) is 0 Å². The lowest BCUT2D eigenvalue weighted by Gasteiger charge is -2.16. The molecule has 0 radical (unpaired) electrons.